The summed E-state index contributed by atoms with van der Waals surface area (Å²) >= 11 is 0. The first kappa shape index (κ1) is 14.4. The lowest BCUT2D eigenvalue weighted by Crippen LogP contribution is -2.25. The van der Waals surface area contributed by atoms with Crippen molar-refractivity contribution in [2.24, 2.45) is 0 Å². The summed E-state index contributed by atoms with van der Waals surface area (Å²) in [6, 6.07) is 3.12. The van der Waals surface area contributed by atoms with E-state index < -0.39 is 15.7 Å². The maximum atomic E-state index is 12.9. The molecule has 0 aliphatic heterocycles. The summed E-state index contributed by atoms with van der Waals surface area (Å²) in [5.74, 6) is 0. The Kier molecular flexibility index (Phi) is 2.92. The van der Waals surface area contributed by atoms with Gasteiger partial charge in [0.25, 0.3) is 10.0 Å². The second-order valence-electron chi connectivity index (χ2n) is 5.19. The number of aromatic nitrogens is 4. The summed E-state index contributed by atoms with van der Waals surface area (Å²) in [6.45, 7) is 4.91. The van der Waals surface area contributed by atoms with Gasteiger partial charge >= 0.3 is 5.69 Å². The maximum Gasteiger partial charge on any atom is 0.340 e. The van der Waals surface area contributed by atoms with E-state index in [0.29, 0.717) is 28.2 Å². The summed E-state index contributed by atoms with van der Waals surface area (Å²) in [7, 11) is -4.06. The SMILES string of the molecule is Cc1cc2c(cc1N)[nH]c(=O)n2S(=O)(=O)c1c(C)n[nH]c1C. The predicted octanol–water partition coefficient (Wildman–Crippen LogP) is 0.797. The van der Waals surface area contributed by atoms with Gasteiger partial charge in [0.2, 0.25) is 0 Å². The van der Waals surface area contributed by atoms with Crippen LogP contribution in [0.15, 0.2) is 21.8 Å². The third kappa shape index (κ3) is 1.86. The Bertz CT molecular complexity index is 1040. The minimum atomic E-state index is -4.06. The van der Waals surface area contributed by atoms with Gasteiger partial charge < -0.3 is 10.7 Å². The van der Waals surface area contributed by atoms with Crippen LogP contribution in [-0.2, 0) is 10.0 Å². The van der Waals surface area contributed by atoms with Crippen molar-refractivity contribution in [3.63, 3.8) is 0 Å². The van der Waals surface area contributed by atoms with E-state index in [1.54, 1.807) is 32.9 Å². The van der Waals surface area contributed by atoms with Crippen molar-refractivity contribution in [2.75, 3.05) is 5.73 Å². The number of rotatable bonds is 2. The highest BCUT2D eigenvalue weighted by atomic mass is 32.2. The first-order chi connectivity index (χ1) is 10.2. The molecule has 8 nitrogen and oxygen atoms in total. The molecule has 2 aromatic heterocycles. The fourth-order valence-corrected chi connectivity index (χ4v) is 4.21. The Balaban J connectivity index is 2.42. The van der Waals surface area contributed by atoms with Crippen LogP contribution in [0.3, 0.4) is 0 Å². The van der Waals surface area contributed by atoms with E-state index >= 15 is 0 Å². The molecule has 4 N–H and O–H groups in total. The Morgan fingerprint density at radius 3 is 2.50 bits per heavy atom. The number of aryl methyl sites for hydroxylation is 3. The number of hydrogen-bond acceptors (Lipinski definition) is 5. The standard InChI is InChI=1S/C13H15N5O3S/c1-6-4-11-10(5-9(6)14)15-13(19)18(11)22(20,21)12-7(2)16-17-8(12)3/h4-5H,14H2,1-3H3,(H,15,19)(H,16,17). The third-order valence-corrected chi connectivity index (χ3v) is 5.55. The lowest BCUT2D eigenvalue weighted by molar-refractivity contribution is 0.586. The quantitative estimate of drug-likeness (QED) is 0.602. The summed E-state index contributed by atoms with van der Waals surface area (Å²) < 4.78 is 26.5. The fraction of sp³-hybridized carbons (Fsp3) is 0.231. The van der Waals surface area contributed by atoms with E-state index in [-0.39, 0.29) is 10.4 Å². The Labute approximate surface area is 126 Å². The molecule has 0 spiro atoms. The first-order valence-corrected chi connectivity index (χ1v) is 7.95. The van der Waals surface area contributed by atoms with Crippen LogP contribution in [0.2, 0.25) is 0 Å². The van der Waals surface area contributed by atoms with Gasteiger partial charge in [0.15, 0.2) is 0 Å². The number of aromatic amines is 2. The summed E-state index contributed by atoms with van der Waals surface area (Å²) in [6.07, 6.45) is 0. The van der Waals surface area contributed by atoms with Crippen molar-refractivity contribution >= 4 is 26.7 Å². The van der Waals surface area contributed by atoms with Crippen molar-refractivity contribution < 1.29 is 8.42 Å². The highest BCUT2D eigenvalue weighted by Gasteiger charge is 2.28. The van der Waals surface area contributed by atoms with E-state index in [9.17, 15) is 13.2 Å². The number of nitrogens with one attached hydrogen (secondary N) is 2. The van der Waals surface area contributed by atoms with Crippen LogP contribution in [0, 0.1) is 20.8 Å². The zero-order chi connectivity index (χ0) is 16.2. The number of nitrogens with zero attached hydrogens (tertiary/aromatic N) is 2. The minimum Gasteiger partial charge on any atom is -0.398 e. The van der Waals surface area contributed by atoms with Crippen LogP contribution in [0.4, 0.5) is 5.69 Å². The Morgan fingerprint density at radius 1 is 1.23 bits per heavy atom. The van der Waals surface area contributed by atoms with Gasteiger partial charge in [-0.15, -0.1) is 0 Å². The zero-order valence-electron chi connectivity index (χ0n) is 12.3. The lowest BCUT2D eigenvalue weighted by Gasteiger charge is -2.07. The predicted molar refractivity (Wildman–Crippen MR) is 82.4 cm³/mol. The number of anilines is 1. The highest BCUT2D eigenvalue weighted by molar-refractivity contribution is 7.90. The van der Waals surface area contributed by atoms with Crippen LogP contribution in [0.25, 0.3) is 11.0 Å². The molecule has 116 valence electrons. The molecule has 0 unspecified atom stereocenters. The lowest BCUT2D eigenvalue weighted by atomic mass is 10.2. The van der Waals surface area contributed by atoms with Gasteiger partial charge in [0, 0.05) is 5.69 Å². The number of hydrogen-bond donors (Lipinski definition) is 3. The molecule has 2 heterocycles. The molecule has 0 amide bonds. The number of fused-ring (bicyclic) bond motifs is 1. The number of benzene rings is 1. The van der Waals surface area contributed by atoms with Crippen molar-refractivity contribution in [1.82, 2.24) is 19.2 Å². The summed E-state index contributed by atoms with van der Waals surface area (Å²) in [5.41, 5.74) is 7.56. The highest BCUT2D eigenvalue weighted by Crippen LogP contribution is 2.24. The van der Waals surface area contributed by atoms with Gasteiger partial charge in [0.1, 0.15) is 4.90 Å². The molecular formula is C13H15N5O3S. The largest absolute Gasteiger partial charge is 0.398 e. The van der Waals surface area contributed by atoms with Crippen molar-refractivity contribution in [3.8, 4) is 0 Å². The van der Waals surface area contributed by atoms with Crippen LogP contribution in [-0.4, -0.2) is 27.6 Å². The Hall–Kier alpha value is -2.55. The molecule has 0 saturated carbocycles. The van der Waals surface area contributed by atoms with E-state index in [1.807, 2.05) is 0 Å². The zero-order valence-corrected chi connectivity index (χ0v) is 13.1. The molecule has 0 atom stereocenters. The smallest absolute Gasteiger partial charge is 0.340 e. The topological polar surface area (TPSA) is 127 Å². The summed E-state index contributed by atoms with van der Waals surface area (Å²) in [5, 5.41) is 6.50. The van der Waals surface area contributed by atoms with Crippen LogP contribution in [0.5, 0.6) is 0 Å². The van der Waals surface area contributed by atoms with Crippen molar-refractivity contribution in [3.05, 3.63) is 39.6 Å². The number of nitrogens with two attached hydrogens (primary N) is 1. The van der Waals surface area contributed by atoms with Gasteiger partial charge in [-0.3, -0.25) is 5.10 Å². The van der Waals surface area contributed by atoms with Crippen LogP contribution < -0.4 is 11.4 Å². The van der Waals surface area contributed by atoms with E-state index in [1.165, 1.54) is 0 Å². The second kappa shape index (κ2) is 4.47. The third-order valence-electron chi connectivity index (χ3n) is 3.59. The first-order valence-electron chi connectivity index (χ1n) is 6.51. The van der Waals surface area contributed by atoms with Crippen molar-refractivity contribution in [2.45, 2.75) is 25.7 Å². The molecular weight excluding hydrogens is 306 g/mol. The molecule has 3 aromatic rings. The molecule has 1 aromatic carbocycles. The number of nitrogen functional groups attached to an aromatic ring is 1. The molecule has 0 fully saturated rings. The van der Waals surface area contributed by atoms with E-state index in [0.717, 1.165) is 3.97 Å². The molecule has 0 saturated heterocycles. The fourth-order valence-electron chi connectivity index (χ4n) is 2.50. The monoisotopic (exact) mass is 321 g/mol. The van der Waals surface area contributed by atoms with Crippen LogP contribution >= 0.6 is 0 Å². The summed E-state index contributed by atoms with van der Waals surface area (Å²) in [4.78, 5) is 14.7. The van der Waals surface area contributed by atoms with E-state index in [2.05, 4.69) is 15.2 Å². The Morgan fingerprint density at radius 2 is 1.91 bits per heavy atom. The van der Waals surface area contributed by atoms with Gasteiger partial charge in [0.05, 0.1) is 22.4 Å². The van der Waals surface area contributed by atoms with Gasteiger partial charge in [-0.05, 0) is 38.5 Å². The second-order valence-corrected chi connectivity index (χ2v) is 6.91. The van der Waals surface area contributed by atoms with Gasteiger partial charge in [-0.1, -0.05) is 0 Å². The average molecular weight is 321 g/mol. The van der Waals surface area contributed by atoms with Crippen LogP contribution in [0.1, 0.15) is 17.0 Å². The van der Waals surface area contributed by atoms with Crippen molar-refractivity contribution in [1.29, 1.82) is 0 Å². The molecule has 0 aliphatic carbocycles. The molecule has 0 aliphatic rings. The maximum absolute atomic E-state index is 12.9. The molecule has 22 heavy (non-hydrogen) atoms. The van der Waals surface area contributed by atoms with Gasteiger partial charge in [-0.25, -0.2) is 13.2 Å². The van der Waals surface area contributed by atoms with Gasteiger partial charge in [-0.2, -0.15) is 9.07 Å². The average Bonchev–Trinajstić information content (AvgIpc) is 2.90. The number of H-pyrrole nitrogens is 2. The molecule has 0 radical (unpaired) electrons. The minimum absolute atomic E-state index is 0.00461. The molecule has 9 heteroatoms. The van der Waals surface area contributed by atoms with E-state index in [4.69, 9.17) is 5.73 Å². The molecule has 0 bridgehead atoms. The number of imidazole rings is 1. The normalized spacial score (nSPS) is 12.1. The molecule has 3 rings (SSSR count).